The monoisotopic (exact) mass is 374 g/mol. The van der Waals surface area contributed by atoms with E-state index in [4.69, 9.17) is 18.0 Å². The van der Waals surface area contributed by atoms with E-state index in [2.05, 4.69) is 20.8 Å². The lowest BCUT2D eigenvalue weighted by Crippen LogP contribution is -2.46. The van der Waals surface area contributed by atoms with Gasteiger partial charge in [-0.2, -0.15) is 0 Å². The molecule has 0 radical (unpaired) electrons. The van der Waals surface area contributed by atoms with Crippen LogP contribution in [0.15, 0.2) is 12.2 Å². The normalized spacial score (nSPS) is 12.0. The van der Waals surface area contributed by atoms with Crippen LogP contribution < -0.4 is 0 Å². The lowest BCUT2D eigenvalue weighted by molar-refractivity contribution is -0.137. The van der Waals surface area contributed by atoms with Crippen molar-refractivity contribution < 1.29 is 22.8 Å². The zero-order chi connectivity index (χ0) is 18.8. The Bertz CT molecular complexity index is 325. The minimum atomic E-state index is -2.55. The van der Waals surface area contributed by atoms with Gasteiger partial charge in [0.15, 0.2) is 0 Å². The van der Waals surface area contributed by atoms with Crippen LogP contribution in [0.3, 0.4) is 0 Å². The van der Waals surface area contributed by atoms with Gasteiger partial charge >= 0.3 is 14.8 Å². The lowest BCUT2D eigenvalue weighted by Gasteiger charge is -2.29. The smallest absolute Gasteiger partial charge is 0.463 e. The molecule has 0 aliphatic carbocycles. The van der Waals surface area contributed by atoms with Crippen molar-refractivity contribution in [1.82, 2.24) is 0 Å². The Morgan fingerprint density at radius 1 is 0.800 bits per heavy atom. The van der Waals surface area contributed by atoms with E-state index in [9.17, 15) is 4.79 Å². The van der Waals surface area contributed by atoms with Crippen molar-refractivity contribution in [3.63, 3.8) is 0 Å². The Hall–Kier alpha value is -0.693. The molecule has 5 nitrogen and oxygen atoms in total. The quantitative estimate of drug-likeness (QED) is 0.157. The molecule has 0 aromatic carbocycles. The number of ether oxygens (including phenoxy) is 1. The Kier molecular flexibility index (Phi) is 16.3. The maximum absolute atomic E-state index is 11.2. The molecule has 0 fully saturated rings. The molecule has 0 N–H and O–H groups in total. The van der Waals surface area contributed by atoms with Crippen molar-refractivity contribution in [3.8, 4) is 0 Å². The number of esters is 1. The average Bonchev–Trinajstić information content (AvgIpc) is 2.62. The number of allylic oxidation sites excluding steroid dienone is 1. The molecule has 148 valence electrons. The fourth-order valence-electron chi connectivity index (χ4n) is 2.27. The van der Waals surface area contributed by atoms with Crippen LogP contribution >= 0.6 is 0 Å². The first-order chi connectivity index (χ1) is 12.1. The van der Waals surface area contributed by atoms with Crippen LogP contribution in [0.4, 0.5) is 0 Å². The molecule has 25 heavy (non-hydrogen) atoms. The first-order valence-electron chi connectivity index (χ1n) is 9.85. The van der Waals surface area contributed by atoms with Crippen molar-refractivity contribution in [2.24, 2.45) is 0 Å². The van der Waals surface area contributed by atoms with Gasteiger partial charge in [-0.1, -0.05) is 39.7 Å². The number of hydrogen-bond acceptors (Lipinski definition) is 5. The third kappa shape index (κ3) is 13.2. The van der Waals surface area contributed by atoms with Crippen LogP contribution in [0.5, 0.6) is 0 Å². The molecule has 0 aromatic heterocycles. The van der Waals surface area contributed by atoms with Gasteiger partial charge in [0.2, 0.25) is 0 Å². The predicted molar refractivity (Wildman–Crippen MR) is 104 cm³/mol. The Labute approximate surface area is 155 Å². The van der Waals surface area contributed by atoms with E-state index in [0.29, 0.717) is 26.4 Å². The molecule has 0 aliphatic heterocycles. The minimum Gasteiger partial charge on any atom is -0.463 e. The number of unbranched alkanes of at least 4 members (excludes halogenated alkanes) is 3. The van der Waals surface area contributed by atoms with E-state index in [1.807, 2.05) is 0 Å². The molecule has 0 saturated heterocycles. The second kappa shape index (κ2) is 16.8. The van der Waals surface area contributed by atoms with Crippen LogP contribution in [0.2, 0.25) is 6.04 Å². The second-order valence-electron chi connectivity index (χ2n) is 6.06. The number of carbonyl (C=O) groups is 1. The highest BCUT2D eigenvalue weighted by molar-refractivity contribution is 6.60. The first-order valence-corrected chi connectivity index (χ1v) is 11.8. The second-order valence-corrected chi connectivity index (χ2v) is 8.79. The minimum absolute atomic E-state index is 0.261. The van der Waals surface area contributed by atoms with E-state index < -0.39 is 8.80 Å². The largest absolute Gasteiger partial charge is 0.500 e. The summed E-state index contributed by atoms with van der Waals surface area (Å²) in [6, 6.07) is 0.866. The summed E-state index contributed by atoms with van der Waals surface area (Å²) in [4.78, 5) is 11.2. The molecule has 0 atom stereocenters. The van der Waals surface area contributed by atoms with E-state index in [-0.39, 0.29) is 5.97 Å². The van der Waals surface area contributed by atoms with Gasteiger partial charge in [0, 0.05) is 31.9 Å². The fraction of sp³-hybridized carbons (Fsp3) is 0.842. The van der Waals surface area contributed by atoms with Crippen LogP contribution in [-0.2, 0) is 22.8 Å². The highest BCUT2D eigenvalue weighted by Gasteiger charge is 2.40. The summed E-state index contributed by atoms with van der Waals surface area (Å²) in [6.45, 7) is 10.7. The van der Waals surface area contributed by atoms with Crippen molar-refractivity contribution in [2.75, 3.05) is 26.4 Å². The summed E-state index contributed by atoms with van der Waals surface area (Å²) in [5, 5.41) is 0. The van der Waals surface area contributed by atoms with Crippen LogP contribution in [0.25, 0.3) is 0 Å². The average molecular weight is 375 g/mol. The first kappa shape index (κ1) is 24.3. The zero-order valence-corrected chi connectivity index (χ0v) is 17.7. The van der Waals surface area contributed by atoms with E-state index in [0.717, 1.165) is 51.0 Å². The number of carbonyl (C=O) groups excluding carboxylic acids is 1. The maximum atomic E-state index is 11.2. The maximum Gasteiger partial charge on any atom is 0.500 e. The zero-order valence-electron chi connectivity index (χ0n) is 16.7. The Balaban J connectivity index is 4.19. The topological polar surface area (TPSA) is 54.0 Å². The van der Waals surface area contributed by atoms with Crippen molar-refractivity contribution in [2.45, 2.75) is 78.7 Å². The molecule has 0 aromatic rings. The standard InChI is InChI=1S/C19H38O5Si/c1-5-13-19(20)21-17-11-9-10-12-18-25(22-14-6-2,23-15-7-3)24-16-8-4/h5,13H,6-12,14-18H2,1-4H3. The number of hydrogen-bond donors (Lipinski definition) is 0. The molecule has 0 amide bonds. The molecule has 0 saturated carbocycles. The van der Waals surface area contributed by atoms with Gasteiger partial charge in [0.05, 0.1) is 6.61 Å². The molecule has 0 unspecified atom stereocenters. The van der Waals surface area contributed by atoms with Gasteiger partial charge in [0.1, 0.15) is 0 Å². The Morgan fingerprint density at radius 2 is 1.32 bits per heavy atom. The number of rotatable bonds is 17. The van der Waals surface area contributed by atoms with Crippen LogP contribution in [0, 0.1) is 0 Å². The molecule has 0 bridgehead atoms. The summed E-state index contributed by atoms with van der Waals surface area (Å²) in [5.74, 6) is -0.261. The van der Waals surface area contributed by atoms with Gasteiger partial charge in [-0.15, -0.1) is 0 Å². The third-order valence-electron chi connectivity index (χ3n) is 3.50. The SMILES string of the molecule is CC=CC(=O)OCCCCCC[Si](OCCC)(OCCC)OCCC. The predicted octanol–water partition coefficient (Wildman–Crippen LogP) is 4.88. The van der Waals surface area contributed by atoms with Gasteiger partial charge in [-0.05, 0) is 39.0 Å². The summed E-state index contributed by atoms with van der Waals surface area (Å²) < 4.78 is 23.4. The van der Waals surface area contributed by atoms with E-state index >= 15 is 0 Å². The molecule has 6 heteroatoms. The third-order valence-corrected chi connectivity index (χ3v) is 6.40. The van der Waals surface area contributed by atoms with Gasteiger partial charge < -0.3 is 18.0 Å². The summed E-state index contributed by atoms with van der Waals surface area (Å²) >= 11 is 0. The highest BCUT2D eigenvalue weighted by atomic mass is 28.4. The summed E-state index contributed by atoms with van der Waals surface area (Å²) in [5.41, 5.74) is 0. The van der Waals surface area contributed by atoms with Crippen molar-refractivity contribution >= 4 is 14.8 Å². The van der Waals surface area contributed by atoms with Crippen LogP contribution in [-0.4, -0.2) is 41.2 Å². The van der Waals surface area contributed by atoms with Crippen molar-refractivity contribution in [1.29, 1.82) is 0 Å². The van der Waals surface area contributed by atoms with Gasteiger partial charge in [-0.3, -0.25) is 0 Å². The highest BCUT2D eigenvalue weighted by Crippen LogP contribution is 2.21. The van der Waals surface area contributed by atoms with Crippen LogP contribution in [0.1, 0.15) is 72.6 Å². The molecular weight excluding hydrogens is 336 g/mol. The van der Waals surface area contributed by atoms with Crippen molar-refractivity contribution in [3.05, 3.63) is 12.2 Å². The lowest BCUT2D eigenvalue weighted by atomic mass is 10.2. The Morgan fingerprint density at radius 3 is 1.80 bits per heavy atom. The molecule has 0 heterocycles. The molecule has 0 spiro atoms. The van der Waals surface area contributed by atoms with Gasteiger partial charge in [-0.25, -0.2) is 4.79 Å². The molecule has 0 rings (SSSR count). The molecule has 0 aliphatic rings. The summed E-state index contributed by atoms with van der Waals surface area (Å²) in [6.07, 6.45) is 10.0. The summed E-state index contributed by atoms with van der Waals surface area (Å²) in [7, 11) is -2.55. The van der Waals surface area contributed by atoms with E-state index in [1.165, 1.54) is 6.08 Å². The van der Waals surface area contributed by atoms with Gasteiger partial charge in [0.25, 0.3) is 0 Å². The van der Waals surface area contributed by atoms with E-state index in [1.54, 1.807) is 13.0 Å². The fourth-order valence-corrected chi connectivity index (χ4v) is 5.18. The molecular formula is C19H38O5Si.